The van der Waals surface area contributed by atoms with Crippen molar-refractivity contribution in [3.8, 4) is 0 Å². The number of nitrogens with zero attached hydrogens (tertiary/aromatic N) is 3. The molecule has 1 N–H and O–H groups in total. The van der Waals surface area contributed by atoms with E-state index in [-0.39, 0.29) is 5.91 Å². The maximum atomic E-state index is 12.1. The Balaban J connectivity index is 1.49. The normalized spacial score (nSPS) is 10.6. The van der Waals surface area contributed by atoms with Gasteiger partial charge in [-0.1, -0.05) is 35.7 Å². The highest BCUT2D eigenvalue weighted by molar-refractivity contribution is 8.01. The topological polar surface area (TPSA) is 67.8 Å². The van der Waals surface area contributed by atoms with Gasteiger partial charge in [0.25, 0.3) is 0 Å². The standard InChI is InChI=1S/C17H16N4OS3/c1-23-16-20-17(25-21-16)24-11-15(22)19-14-4-2-12(3-5-14)10-13-6-8-18-9-7-13/h2-9H,10-11H2,1H3,(H,19,22). The van der Waals surface area contributed by atoms with E-state index in [1.165, 1.54) is 46.2 Å². The summed E-state index contributed by atoms with van der Waals surface area (Å²) in [6.45, 7) is 0. The van der Waals surface area contributed by atoms with Crippen LogP contribution in [0.2, 0.25) is 0 Å². The molecule has 1 amide bonds. The van der Waals surface area contributed by atoms with Gasteiger partial charge in [0.1, 0.15) is 0 Å². The Morgan fingerprint density at radius 1 is 1.12 bits per heavy atom. The molecule has 3 aromatic rings. The Kier molecular flexibility index (Phi) is 6.43. The summed E-state index contributed by atoms with van der Waals surface area (Å²) in [7, 11) is 0. The maximum absolute atomic E-state index is 12.1. The van der Waals surface area contributed by atoms with Crippen molar-refractivity contribution in [3.63, 3.8) is 0 Å². The van der Waals surface area contributed by atoms with Gasteiger partial charge in [0.2, 0.25) is 11.1 Å². The molecule has 0 aliphatic rings. The third kappa shape index (κ3) is 5.55. The zero-order valence-electron chi connectivity index (χ0n) is 13.5. The van der Waals surface area contributed by atoms with Crippen molar-refractivity contribution in [3.05, 3.63) is 59.9 Å². The second kappa shape index (κ2) is 8.98. The van der Waals surface area contributed by atoms with Crippen LogP contribution < -0.4 is 5.32 Å². The number of thioether (sulfide) groups is 2. The molecule has 0 aliphatic heterocycles. The number of pyridine rings is 1. The largest absolute Gasteiger partial charge is 0.325 e. The predicted molar refractivity (Wildman–Crippen MR) is 105 cm³/mol. The molecule has 5 nitrogen and oxygen atoms in total. The number of aromatic nitrogens is 3. The molecule has 8 heteroatoms. The zero-order chi connectivity index (χ0) is 17.5. The van der Waals surface area contributed by atoms with Crippen molar-refractivity contribution in [1.82, 2.24) is 14.3 Å². The minimum absolute atomic E-state index is 0.0483. The van der Waals surface area contributed by atoms with E-state index in [1.54, 1.807) is 12.4 Å². The van der Waals surface area contributed by atoms with Gasteiger partial charge in [-0.2, -0.15) is 4.37 Å². The van der Waals surface area contributed by atoms with Crippen molar-refractivity contribution >= 4 is 46.7 Å². The van der Waals surface area contributed by atoms with Crippen LogP contribution in [0.15, 0.2) is 58.3 Å². The van der Waals surface area contributed by atoms with Crippen molar-refractivity contribution in [2.24, 2.45) is 0 Å². The van der Waals surface area contributed by atoms with Crippen LogP contribution in [0.4, 0.5) is 5.69 Å². The summed E-state index contributed by atoms with van der Waals surface area (Å²) in [5, 5.41) is 3.65. The number of carbonyl (C=O) groups excluding carboxylic acids is 1. The average Bonchev–Trinajstić information content (AvgIpc) is 3.11. The van der Waals surface area contributed by atoms with E-state index in [1.807, 2.05) is 42.7 Å². The van der Waals surface area contributed by atoms with E-state index in [9.17, 15) is 4.79 Å². The number of hydrogen-bond acceptors (Lipinski definition) is 7. The van der Waals surface area contributed by atoms with Crippen LogP contribution in [0.3, 0.4) is 0 Å². The lowest BCUT2D eigenvalue weighted by Crippen LogP contribution is -2.13. The fraction of sp³-hybridized carbons (Fsp3) is 0.176. The molecule has 3 rings (SSSR count). The lowest BCUT2D eigenvalue weighted by molar-refractivity contribution is -0.113. The number of amides is 1. The Morgan fingerprint density at radius 2 is 1.84 bits per heavy atom. The number of hydrogen-bond donors (Lipinski definition) is 1. The van der Waals surface area contributed by atoms with Gasteiger partial charge in [-0.15, -0.1) is 0 Å². The molecule has 2 aromatic heterocycles. The maximum Gasteiger partial charge on any atom is 0.234 e. The first kappa shape index (κ1) is 17.9. The van der Waals surface area contributed by atoms with Gasteiger partial charge in [0.05, 0.1) is 5.75 Å². The van der Waals surface area contributed by atoms with Gasteiger partial charge in [-0.25, -0.2) is 4.98 Å². The van der Waals surface area contributed by atoms with E-state index < -0.39 is 0 Å². The van der Waals surface area contributed by atoms with E-state index in [4.69, 9.17) is 0 Å². The summed E-state index contributed by atoms with van der Waals surface area (Å²) >= 11 is 4.22. The van der Waals surface area contributed by atoms with Crippen LogP contribution >= 0.6 is 35.1 Å². The summed E-state index contributed by atoms with van der Waals surface area (Å²) in [5.41, 5.74) is 3.20. The van der Waals surface area contributed by atoms with E-state index in [0.29, 0.717) is 5.75 Å². The quantitative estimate of drug-likeness (QED) is 0.618. The fourth-order valence-corrected chi connectivity index (χ4v) is 4.11. The zero-order valence-corrected chi connectivity index (χ0v) is 16.0. The van der Waals surface area contributed by atoms with E-state index >= 15 is 0 Å². The Labute approximate surface area is 158 Å². The van der Waals surface area contributed by atoms with Crippen LogP contribution in [0.5, 0.6) is 0 Å². The molecule has 2 heterocycles. The van der Waals surface area contributed by atoms with Crippen LogP contribution in [-0.2, 0) is 11.2 Å². The van der Waals surface area contributed by atoms with E-state index in [0.717, 1.165) is 21.6 Å². The minimum Gasteiger partial charge on any atom is -0.325 e. The number of benzene rings is 1. The highest BCUT2D eigenvalue weighted by Gasteiger charge is 2.08. The summed E-state index contributed by atoms with van der Waals surface area (Å²) in [4.78, 5) is 20.4. The van der Waals surface area contributed by atoms with Crippen LogP contribution in [-0.4, -0.2) is 32.3 Å². The molecule has 0 spiro atoms. The Hall–Kier alpha value is -1.90. The third-order valence-corrected chi connectivity index (χ3v) is 5.79. The first-order valence-electron chi connectivity index (χ1n) is 7.51. The van der Waals surface area contributed by atoms with Gasteiger partial charge in [-0.05, 0) is 59.6 Å². The SMILES string of the molecule is CSc1nsc(SCC(=O)Nc2ccc(Cc3ccncc3)cc2)n1. The summed E-state index contributed by atoms with van der Waals surface area (Å²) in [6.07, 6.45) is 6.37. The Bertz CT molecular complexity index is 821. The Morgan fingerprint density at radius 3 is 2.52 bits per heavy atom. The van der Waals surface area contributed by atoms with Crippen molar-refractivity contribution in [1.29, 1.82) is 0 Å². The molecule has 0 bridgehead atoms. The predicted octanol–water partition coefficient (Wildman–Crippen LogP) is 3.98. The molecule has 25 heavy (non-hydrogen) atoms. The smallest absolute Gasteiger partial charge is 0.234 e. The molecule has 1 aromatic carbocycles. The summed E-state index contributed by atoms with van der Waals surface area (Å²) in [6, 6.07) is 11.9. The molecule has 0 atom stereocenters. The highest BCUT2D eigenvalue weighted by atomic mass is 32.2. The minimum atomic E-state index is -0.0483. The molecule has 0 saturated carbocycles. The summed E-state index contributed by atoms with van der Waals surface area (Å²) in [5.74, 6) is 0.273. The van der Waals surface area contributed by atoms with Gasteiger partial charge in [0, 0.05) is 18.1 Å². The molecule has 0 aliphatic carbocycles. The molecule has 0 saturated heterocycles. The van der Waals surface area contributed by atoms with Crippen LogP contribution in [0.1, 0.15) is 11.1 Å². The first-order valence-corrected chi connectivity index (χ1v) is 10.5. The molecule has 0 unspecified atom stereocenters. The molecular formula is C17H16N4OS3. The second-order valence-corrected chi connectivity index (χ2v) is 7.86. The van der Waals surface area contributed by atoms with Gasteiger partial charge >= 0.3 is 0 Å². The number of nitrogens with one attached hydrogen (secondary N) is 1. The van der Waals surface area contributed by atoms with E-state index in [2.05, 4.69) is 19.7 Å². The first-order chi connectivity index (χ1) is 12.2. The van der Waals surface area contributed by atoms with Crippen LogP contribution in [0, 0.1) is 0 Å². The molecular weight excluding hydrogens is 372 g/mol. The lowest BCUT2D eigenvalue weighted by Gasteiger charge is -2.06. The molecule has 128 valence electrons. The molecule has 0 fully saturated rings. The highest BCUT2D eigenvalue weighted by Crippen LogP contribution is 2.23. The van der Waals surface area contributed by atoms with Gasteiger partial charge in [-0.3, -0.25) is 9.78 Å². The van der Waals surface area contributed by atoms with Crippen molar-refractivity contribution < 1.29 is 4.79 Å². The average molecular weight is 389 g/mol. The second-order valence-electron chi connectivity index (χ2n) is 5.11. The monoisotopic (exact) mass is 388 g/mol. The van der Waals surface area contributed by atoms with Crippen molar-refractivity contribution in [2.75, 3.05) is 17.3 Å². The molecule has 0 radical (unpaired) electrons. The number of rotatable bonds is 7. The number of carbonyl (C=O) groups is 1. The van der Waals surface area contributed by atoms with Crippen LogP contribution in [0.25, 0.3) is 0 Å². The van der Waals surface area contributed by atoms with Gasteiger partial charge < -0.3 is 5.32 Å². The fourth-order valence-electron chi connectivity index (χ4n) is 2.11. The van der Waals surface area contributed by atoms with Crippen molar-refractivity contribution in [2.45, 2.75) is 15.9 Å². The van der Waals surface area contributed by atoms with Gasteiger partial charge in [0.15, 0.2) is 4.34 Å². The third-order valence-electron chi connectivity index (χ3n) is 3.29. The number of anilines is 1. The lowest BCUT2D eigenvalue weighted by atomic mass is 10.1. The summed E-state index contributed by atoms with van der Waals surface area (Å²) < 4.78 is 4.99.